The van der Waals surface area contributed by atoms with Gasteiger partial charge in [-0.15, -0.1) is 11.8 Å². The molecule has 0 aromatic heterocycles. The minimum atomic E-state index is 0.298. The number of hydrogen-bond donors (Lipinski definition) is 1. The van der Waals surface area contributed by atoms with Crippen molar-refractivity contribution in [1.82, 2.24) is 0 Å². The molecule has 0 bridgehead atoms. The number of thioether (sulfide) groups is 1. The molecule has 3 heteroatoms. The van der Waals surface area contributed by atoms with Crippen LogP contribution in [0.2, 0.25) is 0 Å². The SMILES string of the molecule is CSc1ccccc1OCC1(CS)CCCCC1. The summed E-state index contributed by atoms with van der Waals surface area (Å²) in [7, 11) is 0. The van der Waals surface area contributed by atoms with Crippen LogP contribution in [0, 0.1) is 5.41 Å². The van der Waals surface area contributed by atoms with Crippen molar-refractivity contribution in [3.8, 4) is 5.75 Å². The van der Waals surface area contributed by atoms with Crippen LogP contribution in [0.15, 0.2) is 29.2 Å². The molecule has 1 aromatic rings. The highest BCUT2D eigenvalue weighted by Crippen LogP contribution is 2.38. The Morgan fingerprint density at radius 2 is 1.94 bits per heavy atom. The molecule has 1 saturated carbocycles. The van der Waals surface area contributed by atoms with Gasteiger partial charge in [0.25, 0.3) is 0 Å². The Balaban J connectivity index is 2.01. The van der Waals surface area contributed by atoms with Gasteiger partial charge in [0, 0.05) is 10.3 Å². The summed E-state index contributed by atoms with van der Waals surface area (Å²) in [5.74, 6) is 1.96. The minimum Gasteiger partial charge on any atom is -0.492 e. The molecule has 0 N–H and O–H groups in total. The fourth-order valence-corrected chi connectivity index (χ4v) is 3.57. The van der Waals surface area contributed by atoms with Gasteiger partial charge in [-0.3, -0.25) is 0 Å². The van der Waals surface area contributed by atoms with Crippen molar-refractivity contribution in [3.63, 3.8) is 0 Å². The number of para-hydroxylation sites is 1. The Morgan fingerprint density at radius 1 is 1.22 bits per heavy atom. The third-order valence-electron chi connectivity index (χ3n) is 3.85. The van der Waals surface area contributed by atoms with E-state index in [1.54, 1.807) is 11.8 Å². The number of ether oxygens (including phenoxy) is 1. The Labute approximate surface area is 120 Å². The molecule has 0 saturated heterocycles. The van der Waals surface area contributed by atoms with Gasteiger partial charge in [-0.1, -0.05) is 31.4 Å². The second-order valence-electron chi connectivity index (χ2n) is 5.16. The average Bonchev–Trinajstić information content (AvgIpc) is 2.46. The average molecular weight is 282 g/mol. The molecule has 1 fully saturated rings. The Kier molecular flexibility index (Phi) is 5.31. The van der Waals surface area contributed by atoms with E-state index in [-0.39, 0.29) is 0 Å². The van der Waals surface area contributed by atoms with Crippen LogP contribution in [0.4, 0.5) is 0 Å². The van der Waals surface area contributed by atoms with Crippen molar-refractivity contribution in [2.75, 3.05) is 18.6 Å². The number of benzene rings is 1. The predicted octanol–water partition coefficient (Wildman–Crippen LogP) is 4.67. The lowest BCUT2D eigenvalue weighted by atomic mass is 9.76. The first kappa shape index (κ1) is 14.1. The summed E-state index contributed by atoms with van der Waals surface area (Å²) in [6.07, 6.45) is 8.65. The summed E-state index contributed by atoms with van der Waals surface area (Å²) in [5, 5.41) is 0. The predicted molar refractivity (Wildman–Crippen MR) is 83.1 cm³/mol. The molecule has 0 spiro atoms. The van der Waals surface area contributed by atoms with Gasteiger partial charge in [-0.25, -0.2) is 0 Å². The monoisotopic (exact) mass is 282 g/mol. The van der Waals surface area contributed by atoms with Crippen LogP contribution >= 0.6 is 24.4 Å². The summed E-state index contributed by atoms with van der Waals surface area (Å²) in [4.78, 5) is 1.22. The highest BCUT2D eigenvalue weighted by Gasteiger charge is 2.31. The number of rotatable bonds is 5. The maximum atomic E-state index is 6.09. The van der Waals surface area contributed by atoms with Crippen LogP contribution in [0.1, 0.15) is 32.1 Å². The summed E-state index contributed by atoms with van der Waals surface area (Å²) in [6, 6.07) is 8.30. The fraction of sp³-hybridized carbons (Fsp3) is 0.600. The maximum Gasteiger partial charge on any atom is 0.132 e. The highest BCUT2D eigenvalue weighted by atomic mass is 32.2. The third kappa shape index (κ3) is 3.39. The van der Waals surface area contributed by atoms with E-state index >= 15 is 0 Å². The molecule has 100 valence electrons. The van der Waals surface area contributed by atoms with Gasteiger partial charge < -0.3 is 4.74 Å². The van der Waals surface area contributed by atoms with Crippen LogP contribution in [0.5, 0.6) is 5.75 Å². The first-order valence-corrected chi connectivity index (χ1v) is 8.52. The minimum absolute atomic E-state index is 0.298. The van der Waals surface area contributed by atoms with Gasteiger partial charge in [-0.2, -0.15) is 12.6 Å². The van der Waals surface area contributed by atoms with Gasteiger partial charge in [-0.05, 0) is 37.0 Å². The molecular weight excluding hydrogens is 260 g/mol. The van der Waals surface area contributed by atoms with Gasteiger partial charge in [0.1, 0.15) is 5.75 Å². The van der Waals surface area contributed by atoms with E-state index in [1.807, 2.05) is 6.07 Å². The molecular formula is C15H22OS2. The summed E-state index contributed by atoms with van der Waals surface area (Å²) < 4.78 is 6.09. The van der Waals surface area contributed by atoms with E-state index in [0.717, 1.165) is 18.1 Å². The van der Waals surface area contributed by atoms with Crippen LogP contribution in [0.3, 0.4) is 0 Å². The van der Waals surface area contributed by atoms with Gasteiger partial charge in [0.2, 0.25) is 0 Å². The van der Waals surface area contributed by atoms with Gasteiger partial charge >= 0.3 is 0 Å². The van der Waals surface area contributed by atoms with Gasteiger partial charge in [0.15, 0.2) is 0 Å². The smallest absolute Gasteiger partial charge is 0.132 e. The van der Waals surface area contributed by atoms with Crippen LogP contribution in [-0.4, -0.2) is 18.6 Å². The van der Waals surface area contributed by atoms with Crippen molar-refractivity contribution < 1.29 is 4.74 Å². The number of hydrogen-bond acceptors (Lipinski definition) is 3. The van der Waals surface area contributed by atoms with Crippen LogP contribution in [-0.2, 0) is 0 Å². The molecule has 2 rings (SSSR count). The van der Waals surface area contributed by atoms with Crippen molar-refractivity contribution in [1.29, 1.82) is 0 Å². The second kappa shape index (κ2) is 6.76. The molecule has 0 radical (unpaired) electrons. The van der Waals surface area contributed by atoms with Crippen LogP contribution < -0.4 is 4.74 Å². The zero-order valence-corrected chi connectivity index (χ0v) is 12.7. The normalized spacial score (nSPS) is 18.6. The largest absolute Gasteiger partial charge is 0.492 e. The first-order chi connectivity index (χ1) is 8.79. The molecule has 1 aliphatic carbocycles. The van der Waals surface area contributed by atoms with Crippen molar-refractivity contribution in [2.45, 2.75) is 37.0 Å². The Morgan fingerprint density at radius 3 is 2.61 bits per heavy atom. The lowest BCUT2D eigenvalue weighted by molar-refractivity contribution is 0.119. The highest BCUT2D eigenvalue weighted by molar-refractivity contribution is 7.98. The van der Waals surface area contributed by atoms with E-state index in [0.29, 0.717) is 5.41 Å². The number of thiol groups is 1. The van der Waals surface area contributed by atoms with Crippen molar-refractivity contribution >= 4 is 24.4 Å². The lowest BCUT2D eigenvalue weighted by Gasteiger charge is -2.35. The summed E-state index contributed by atoms with van der Waals surface area (Å²) in [5.41, 5.74) is 0.298. The van der Waals surface area contributed by atoms with Gasteiger partial charge in [0.05, 0.1) is 6.61 Å². The fourth-order valence-electron chi connectivity index (χ4n) is 2.62. The first-order valence-electron chi connectivity index (χ1n) is 6.66. The standard InChI is InChI=1S/C15H22OS2/c1-18-14-8-4-3-7-13(14)16-11-15(12-17)9-5-2-6-10-15/h3-4,7-8,17H,2,5-6,9-12H2,1H3. The molecule has 0 aliphatic heterocycles. The topological polar surface area (TPSA) is 9.23 Å². The summed E-state index contributed by atoms with van der Waals surface area (Å²) in [6.45, 7) is 0.814. The van der Waals surface area contributed by atoms with E-state index in [1.165, 1.54) is 37.0 Å². The Hall–Kier alpha value is -0.280. The van der Waals surface area contributed by atoms with E-state index in [4.69, 9.17) is 4.74 Å². The van der Waals surface area contributed by atoms with E-state index in [2.05, 4.69) is 37.1 Å². The quantitative estimate of drug-likeness (QED) is 0.621. The molecule has 1 aromatic carbocycles. The van der Waals surface area contributed by atoms with E-state index in [9.17, 15) is 0 Å². The molecule has 1 aliphatic rings. The molecule has 0 unspecified atom stereocenters. The molecule has 0 atom stereocenters. The molecule has 18 heavy (non-hydrogen) atoms. The van der Waals surface area contributed by atoms with Crippen molar-refractivity contribution in [2.24, 2.45) is 5.41 Å². The van der Waals surface area contributed by atoms with Crippen LogP contribution in [0.25, 0.3) is 0 Å². The molecule has 1 nitrogen and oxygen atoms in total. The second-order valence-corrected chi connectivity index (χ2v) is 6.32. The van der Waals surface area contributed by atoms with E-state index < -0.39 is 0 Å². The maximum absolute atomic E-state index is 6.09. The third-order valence-corrected chi connectivity index (χ3v) is 5.30. The molecule has 0 amide bonds. The Bertz CT molecular complexity index is 373. The summed E-state index contributed by atoms with van der Waals surface area (Å²) >= 11 is 6.30. The zero-order chi connectivity index (χ0) is 12.8. The lowest BCUT2D eigenvalue weighted by Crippen LogP contribution is -2.33. The van der Waals surface area contributed by atoms with Crippen molar-refractivity contribution in [3.05, 3.63) is 24.3 Å². The molecule has 0 heterocycles. The zero-order valence-electron chi connectivity index (χ0n) is 11.0.